The van der Waals surface area contributed by atoms with E-state index in [1.165, 1.54) is 22.9 Å². The summed E-state index contributed by atoms with van der Waals surface area (Å²) in [5.74, 6) is 0.447. The summed E-state index contributed by atoms with van der Waals surface area (Å²) in [6.07, 6.45) is 1.92. The van der Waals surface area contributed by atoms with Crippen molar-refractivity contribution in [3.8, 4) is 0 Å². The Kier molecular flexibility index (Phi) is 5.11. The Labute approximate surface area is 158 Å². The van der Waals surface area contributed by atoms with Crippen LogP contribution in [0.1, 0.15) is 42.0 Å². The lowest BCUT2D eigenvalue weighted by atomic mass is 10.0. The minimum absolute atomic E-state index is 0.0498. The van der Waals surface area contributed by atoms with Crippen LogP contribution in [0.25, 0.3) is 6.08 Å². The molecule has 1 aliphatic heterocycles. The average molecular weight is 368 g/mol. The molecule has 4 heteroatoms. The zero-order chi connectivity index (χ0) is 18.1. The first-order valence-corrected chi connectivity index (χ1v) is 9.54. The Balaban J connectivity index is 1.88. The van der Waals surface area contributed by atoms with E-state index in [-0.39, 0.29) is 5.91 Å². The first kappa shape index (κ1) is 17.9. The third-order valence-electron chi connectivity index (χ3n) is 4.44. The Morgan fingerprint density at radius 2 is 1.72 bits per heavy atom. The maximum Gasteiger partial charge on any atom is 0.270 e. The van der Waals surface area contributed by atoms with E-state index in [1.54, 1.807) is 4.90 Å². The molecule has 0 spiro atoms. The van der Waals surface area contributed by atoms with Crippen molar-refractivity contribution in [2.45, 2.75) is 33.6 Å². The minimum atomic E-state index is -0.0498. The van der Waals surface area contributed by atoms with E-state index in [0.717, 1.165) is 16.8 Å². The first-order valence-electron chi connectivity index (χ1n) is 8.32. The van der Waals surface area contributed by atoms with Crippen LogP contribution in [-0.2, 0) is 4.79 Å². The van der Waals surface area contributed by atoms with Gasteiger partial charge in [-0.1, -0.05) is 68.2 Å². The highest BCUT2D eigenvalue weighted by Gasteiger charge is 2.33. The number of benzene rings is 2. The SMILES string of the molecule is Cc1ccc(N2C(=O)C(=Cc3ccc(C(C)C)cc3)SC2=S)cc1C. The highest BCUT2D eigenvalue weighted by atomic mass is 32.2. The molecule has 0 radical (unpaired) electrons. The zero-order valence-corrected chi connectivity index (χ0v) is 16.5. The molecule has 128 valence electrons. The van der Waals surface area contributed by atoms with Gasteiger partial charge >= 0.3 is 0 Å². The molecule has 1 saturated heterocycles. The van der Waals surface area contributed by atoms with Crippen LogP contribution in [0.3, 0.4) is 0 Å². The Morgan fingerprint density at radius 1 is 1.04 bits per heavy atom. The highest BCUT2D eigenvalue weighted by Crippen LogP contribution is 2.36. The van der Waals surface area contributed by atoms with E-state index < -0.39 is 0 Å². The molecular weight excluding hydrogens is 346 g/mol. The molecule has 2 aromatic carbocycles. The number of carbonyl (C=O) groups is 1. The normalized spacial score (nSPS) is 16.4. The second kappa shape index (κ2) is 7.14. The average Bonchev–Trinajstić information content (AvgIpc) is 2.85. The number of hydrogen-bond acceptors (Lipinski definition) is 3. The van der Waals surface area contributed by atoms with E-state index in [2.05, 4.69) is 45.0 Å². The lowest BCUT2D eigenvalue weighted by Gasteiger charge is -2.15. The maximum absolute atomic E-state index is 12.8. The van der Waals surface area contributed by atoms with Gasteiger partial charge in [0.1, 0.15) is 0 Å². The number of amides is 1. The minimum Gasteiger partial charge on any atom is -0.268 e. The van der Waals surface area contributed by atoms with Gasteiger partial charge in [0.25, 0.3) is 5.91 Å². The summed E-state index contributed by atoms with van der Waals surface area (Å²) in [7, 11) is 0. The topological polar surface area (TPSA) is 20.3 Å². The fourth-order valence-corrected chi connectivity index (χ4v) is 3.98. The fourth-order valence-electron chi connectivity index (χ4n) is 2.68. The number of rotatable bonds is 3. The number of thioether (sulfide) groups is 1. The molecule has 3 rings (SSSR count). The van der Waals surface area contributed by atoms with Crippen molar-refractivity contribution in [3.05, 3.63) is 69.6 Å². The van der Waals surface area contributed by atoms with Crippen LogP contribution in [0.15, 0.2) is 47.4 Å². The predicted molar refractivity (Wildman–Crippen MR) is 112 cm³/mol. The first-order chi connectivity index (χ1) is 11.9. The molecule has 2 aromatic rings. The Morgan fingerprint density at radius 3 is 2.32 bits per heavy atom. The molecule has 1 aliphatic rings. The van der Waals surface area contributed by atoms with E-state index in [0.29, 0.717) is 15.1 Å². The van der Waals surface area contributed by atoms with Gasteiger partial charge in [-0.3, -0.25) is 9.69 Å². The summed E-state index contributed by atoms with van der Waals surface area (Å²) in [4.78, 5) is 15.1. The standard InChI is InChI=1S/C21H21NOS2/c1-13(2)17-8-6-16(7-9-17)12-19-20(23)22(21(24)25-19)18-10-5-14(3)15(4)11-18/h5-13H,1-4H3. The second-order valence-corrected chi connectivity index (χ2v) is 8.28. The van der Waals surface area contributed by atoms with Crippen molar-refractivity contribution < 1.29 is 4.79 Å². The third kappa shape index (κ3) is 3.70. The molecule has 0 aliphatic carbocycles. The lowest BCUT2D eigenvalue weighted by molar-refractivity contribution is -0.113. The maximum atomic E-state index is 12.8. The van der Waals surface area contributed by atoms with E-state index in [4.69, 9.17) is 12.2 Å². The quantitative estimate of drug-likeness (QED) is 0.503. The molecule has 1 heterocycles. The molecule has 1 amide bonds. The van der Waals surface area contributed by atoms with Crippen LogP contribution in [0.5, 0.6) is 0 Å². The summed E-state index contributed by atoms with van der Waals surface area (Å²) < 4.78 is 0.582. The van der Waals surface area contributed by atoms with Crippen molar-refractivity contribution in [2.24, 2.45) is 0 Å². The van der Waals surface area contributed by atoms with E-state index in [9.17, 15) is 4.79 Å². The van der Waals surface area contributed by atoms with Crippen LogP contribution in [-0.4, -0.2) is 10.2 Å². The number of hydrogen-bond donors (Lipinski definition) is 0. The molecule has 0 aromatic heterocycles. The van der Waals surface area contributed by atoms with Crippen molar-refractivity contribution in [1.82, 2.24) is 0 Å². The molecule has 0 N–H and O–H groups in total. The van der Waals surface area contributed by atoms with Gasteiger partial charge in [-0.25, -0.2) is 0 Å². The smallest absolute Gasteiger partial charge is 0.268 e. The van der Waals surface area contributed by atoms with Gasteiger partial charge in [-0.15, -0.1) is 0 Å². The van der Waals surface area contributed by atoms with E-state index >= 15 is 0 Å². The monoisotopic (exact) mass is 367 g/mol. The van der Waals surface area contributed by atoms with Crippen LogP contribution >= 0.6 is 24.0 Å². The summed E-state index contributed by atoms with van der Waals surface area (Å²) in [5.41, 5.74) is 5.50. The van der Waals surface area contributed by atoms with Crippen LogP contribution < -0.4 is 4.90 Å². The highest BCUT2D eigenvalue weighted by molar-refractivity contribution is 8.27. The van der Waals surface area contributed by atoms with Gasteiger partial charge in [-0.2, -0.15) is 0 Å². The molecule has 0 saturated carbocycles. The van der Waals surface area contributed by atoms with Crippen molar-refractivity contribution in [3.63, 3.8) is 0 Å². The Hall–Kier alpha value is -1.91. The van der Waals surface area contributed by atoms with Crippen molar-refractivity contribution >= 4 is 46.0 Å². The lowest BCUT2D eigenvalue weighted by Crippen LogP contribution is -2.27. The zero-order valence-electron chi connectivity index (χ0n) is 14.9. The van der Waals surface area contributed by atoms with E-state index in [1.807, 2.05) is 31.2 Å². The van der Waals surface area contributed by atoms with Crippen LogP contribution in [0, 0.1) is 13.8 Å². The van der Waals surface area contributed by atoms with Gasteiger partial charge in [0.2, 0.25) is 0 Å². The molecule has 2 nitrogen and oxygen atoms in total. The van der Waals surface area contributed by atoms with Gasteiger partial charge in [-0.05, 0) is 60.2 Å². The molecule has 0 unspecified atom stereocenters. The largest absolute Gasteiger partial charge is 0.270 e. The fraction of sp³-hybridized carbons (Fsp3) is 0.238. The van der Waals surface area contributed by atoms with Gasteiger partial charge in [0.15, 0.2) is 4.32 Å². The predicted octanol–water partition coefficient (Wildman–Crippen LogP) is 5.83. The van der Waals surface area contributed by atoms with Crippen molar-refractivity contribution in [1.29, 1.82) is 0 Å². The van der Waals surface area contributed by atoms with Crippen LogP contribution in [0.2, 0.25) is 0 Å². The molecule has 0 atom stereocenters. The number of carbonyl (C=O) groups excluding carboxylic acids is 1. The van der Waals surface area contributed by atoms with Gasteiger partial charge in [0, 0.05) is 0 Å². The summed E-state index contributed by atoms with van der Waals surface area (Å²) in [6, 6.07) is 14.3. The molecule has 25 heavy (non-hydrogen) atoms. The summed E-state index contributed by atoms with van der Waals surface area (Å²) >= 11 is 6.81. The number of thiocarbonyl (C=S) groups is 1. The molecule has 0 bridgehead atoms. The second-order valence-electron chi connectivity index (χ2n) is 6.61. The third-order valence-corrected chi connectivity index (χ3v) is 5.75. The number of anilines is 1. The summed E-state index contributed by atoms with van der Waals surface area (Å²) in [6.45, 7) is 8.44. The number of nitrogens with zero attached hydrogens (tertiary/aromatic N) is 1. The van der Waals surface area contributed by atoms with Crippen LogP contribution in [0.4, 0.5) is 5.69 Å². The Bertz CT molecular complexity index is 866. The summed E-state index contributed by atoms with van der Waals surface area (Å²) in [5, 5.41) is 0. The molecular formula is C21H21NOS2. The van der Waals surface area contributed by atoms with Gasteiger partial charge in [0.05, 0.1) is 10.6 Å². The van der Waals surface area contributed by atoms with Gasteiger partial charge < -0.3 is 0 Å². The molecule has 1 fully saturated rings. The number of aryl methyl sites for hydroxylation is 2. The van der Waals surface area contributed by atoms with Crippen molar-refractivity contribution in [2.75, 3.05) is 4.90 Å².